The quantitative estimate of drug-likeness (QED) is 0.747. The first-order chi connectivity index (χ1) is 10.2. The third-order valence-corrected chi connectivity index (χ3v) is 5.61. The van der Waals surface area contributed by atoms with Gasteiger partial charge in [-0.1, -0.05) is 25.7 Å². The van der Waals surface area contributed by atoms with Gasteiger partial charge in [-0.2, -0.15) is 0 Å². The number of aryl methyl sites for hydroxylation is 1. The van der Waals surface area contributed by atoms with Gasteiger partial charge in [-0.3, -0.25) is 4.79 Å². The number of methoxy groups -OCH3 is 1. The van der Waals surface area contributed by atoms with E-state index in [0.29, 0.717) is 5.78 Å². The van der Waals surface area contributed by atoms with Gasteiger partial charge < -0.3 is 4.74 Å². The Morgan fingerprint density at radius 2 is 1.86 bits per heavy atom. The van der Waals surface area contributed by atoms with E-state index in [0.717, 1.165) is 41.6 Å². The predicted molar refractivity (Wildman–Crippen MR) is 84.9 cm³/mol. The van der Waals surface area contributed by atoms with E-state index in [1.807, 2.05) is 25.1 Å². The first kappa shape index (κ1) is 14.6. The van der Waals surface area contributed by atoms with Crippen molar-refractivity contribution in [3.8, 4) is 5.75 Å². The highest BCUT2D eigenvalue weighted by molar-refractivity contribution is 5.99. The van der Waals surface area contributed by atoms with Gasteiger partial charge in [0.15, 0.2) is 5.78 Å². The molecule has 3 unspecified atom stereocenters. The minimum absolute atomic E-state index is 0.247. The van der Waals surface area contributed by atoms with Crippen LogP contribution in [-0.2, 0) is 0 Å². The van der Waals surface area contributed by atoms with Gasteiger partial charge in [-0.15, -0.1) is 0 Å². The number of hydrogen-bond donors (Lipinski definition) is 0. The maximum atomic E-state index is 12.9. The SMILES string of the molecule is COc1ccc(C(=O)C2CCC3CCCCC3C2)c(C)c1. The molecule has 2 aliphatic carbocycles. The van der Waals surface area contributed by atoms with E-state index < -0.39 is 0 Å². The summed E-state index contributed by atoms with van der Waals surface area (Å²) in [5.41, 5.74) is 1.94. The summed E-state index contributed by atoms with van der Waals surface area (Å²) >= 11 is 0. The summed E-state index contributed by atoms with van der Waals surface area (Å²) in [6.45, 7) is 2.02. The van der Waals surface area contributed by atoms with Crippen molar-refractivity contribution < 1.29 is 9.53 Å². The molecule has 2 fully saturated rings. The van der Waals surface area contributed by atoms with Gasteiger partial charge in [0.05, 0.1) is 7.11 Å². The molecule has 0 spiro atoms. The first-order valence-corrected chi connectivity index (χ1v) is 8.38. The zero-order valence-electron chi connectivity index (χ0n) is 13.2. The van der Waals surface area contributed by atoms with E-state index in [-0.39, 0.29) is 5.92 Å². The second-order valence-electron chi connectivity index (χ2n) is 6.86. The van der Waals surface area contributed by atoms with Crippen LogP contribution in [0.1, 0.15) is 60.9 Å². The molecule has 3 rings (SSSR count). The number of carbonyl (C=O) groups excluding carboxylic acids is 1. The highest BCUT2D eigenvalue weighted by Crippen LogP contribution is 2.43. The zero-order valence-corrected chi connectivity index (χ0v) is 13.2. The maximum Gasteiger partial charge on any atom is 0.166 e. The molecule has 0 radical (unpaired) electrons. The molecule has 2 nitrogen and oxygen atoms in total. The van der Waals surface area contributed by atoms with E-state index in [9.17, 15) is 4.79 Å². The summed E-state index contributed by atoms with van der Waals surface area (Å²) in [4.78, 5) is 12.9. The average Bonchev–Trinajstić information content (AvgIpc) is 2.53. The smallest absolute Gasteiger partial charge is 0.166 e. The minimum atomic E-state index is 0.247. The lowest BCUT2D eigenvalue weighted by atomic mass is 9.66. The minimum Gasteiger partial charge on any atom is -0.497 e. The first-order valence-electron chi connectivity index (χ1n) is 8.38. The molecule has 2 heteroatoms. The van der Waals surface area contributed by atoms with Crippen molar-refractivity contribution in [3.63, 3.8) is 0 Å². The number of Topliss-reactive ketones (excluding diaryl/α,β-unsaturated/α-hetero) is 1. The lowest BCUT2D eigenvalue weighted by Crippen LogP contribution is -2.31. The summed E-state index contributed by atoms with van der Waals surface area (Å²) in [6.07, 6.45) is 8.97. The molecular weight excluding hydrogens is 260 g/mol. The van der Waals surface area contributed by atoms with Gasteiger partial charge in [-0.25, -0.2) is 0 Å². The molecule has 3 atom stereocenters. The fourth-order valence-electron chi connectivity index (χ4n) is 4.37. The molecule has 2 aliphatic rings. The second-order valence-corrected chi connectivity index (χ2v) is 6.86. The molecule has 0 N–H and O–H groups in total. The lowest BCUT2D eigenvalue weighted by molar-refractivity contribution is 0.0763. The fourth-order valence-corrected chi connectivity index (χ4v) is 4.37. The topological polar surface area (TPSA) is 26.3 Å². The zero-order chi connectivity index (χ0) is 14.8. The molecular formula is C19H26O2. The highest BCUT2D eigenvalue weighted by atomic mass is 16.5. The number of carbonyl (C=O) groups is 1. The summed E-state index contributed by atoms with van der Waals surface area (Å²) in [7, 11) is 1.67. The van der Waals surface area contributed by atoms with Gasteiger partial charge in [0, 0.05) is 11.5 Å². The Kier molecular flexibility index (Phi) is 4.32. The molecule has 1 aromatic carbocycles. The van der Waals surface area contributed by atoms with E-state index in [1.165, 1.54) is 32.1 Å². The van der Waals surface area contributed by atoms with Crippen molar-refractivity contribution >= 4 is 5.78 Å². The van der Waals surface area contributed by atoms with Crippen molar-refractivity contribution in [2.45, 2.75) is 51.9 Å². The van der Waals surface area contributed by atoms with Gasteiger partial charge in [0.1, 0.15) is 5.75 Å². The molecule has 0 aromatic heterocycles. The number of benzene rings is 1. The predicted octanol–water partition coefficient (Wildman–Crippen LogP) is 4.79. The molecule has 114 valence electrons. The van der Waals surface area contributed by atoms with Crippen molar-refractivity contribution in [2.75, 3.05) is 7.11 Å². The van der Waals surface area contributed by atoms with Crippen LogP contribution in [0.4, 0.5) is 0 Å². The normalized spacial score (nSPS) is 28.8. The number of hydrogen-bond acceptors (Lipinski definition) is 2. The summed E-state index contributed by atoms with van der Waals surface area (Å²) in [5, 5.41) is 0. The van der Waals surface area contributed by atoms with Crippen LogP contribution in [0, 0.1) is 24.7 Å². The molecule has 2 saturated carbocycles. The van der Waals surface area contributed by atoms with E-state index in [4.69, 9.17) is 4.74 Å². The number of ether oxygens (including phenoxy) is 1. The van der Waals surface area contributed by atoms with Gasteiger partial charge in [0.2, 0.25) is 0 Å². The van der Waals surface area contributed by atoms with Crippen molar-refractivity contribution in [1.29, 1.82) is 0 Å². The van der Waals surface area contributed by atoms with Crippen LogP contribution in [0.3, 0.4) is 0 Å². The van der Waals surface area contributed by atoms with Crippen LogP contribution in [0.5, 0.6) is 5.75 Å². The molecule has 0 bridgehead atoms. The molecule has 0 aliphatic heterocycles. The standard InChI is InChI=1S/C19H26O2/c1-13-11-17(21-2)9-10-18(13)19(20)16-8-7-14-5-3-4-6-15(14)12-16/h9-11,14-16H,3-8,12H2,1-2H3. The Hall–Kier alpha value is -1.31. The molecule has 21 heavy (non-hydrogen) atoms. The van der Waals surface area contributed by atoms with Crippen molar-refractivity contribution in [3.05, 3.63) is 29.3 Å². The second kappa shape index (κ2) is 6.21. The van der Waals surface area contributed by atoms with Crippen LogP contribution < -0.4 is 4.74 Å². The Morgan fingerprint density at radius 3 is 2.57 bits per heavy atom. The Bertz CT molecular complexity index is 520. The highest BCUT2D eigenvalue weighted by Gasteiger charge is 2.35. The average molecular weight is 286 g/mol. The molecule has 0 heterocycles. The summed E-state index contributed by atoms with van der Waals surface area (Å²) in [6, 6.07) is 5.83. The van der Waals surface area contributed by atoms with Crippen molar-refractivity contribution in [1.82, 2.24) is 0 Å². The lowest BCUT2D eigenvalue weighted by Gasteiger charge is -2.38. The molecule has 1 aromatic rings. The summed E-state index contributed by atoms with van der Waals surface area (Å²) < 4.78 is 5.23. The van der Waals surface area contributed by atoms with Crippen LogP contribution in [0.15, 0.2) is 18.2 Å². The number of rotatable bonds is 3. The van der Waals surface area contributed by atoms with Crippen LogP contribution in [0.2, 0.25) is 0 Å². The Labute approximate surface area is 127 Å². The van der Waals surface area contributed by atoms with Crippen LogP contribution in [0.25, 0.3) is 0 Å². The van der Waals surface area contributed by atoms with Gasteiger partial charge >= 0.3 is 0 Å². The van der Waals surface area contributed by atoms with E-state index >= 15 is 0 Å². The summed E-state index contributed by atoms with van der Waals surface area (Å²) in [5.74, 6) is 3.15. The van der Waals surface area contributed by atoms with Crippen LogP contribution >= 0.6 is 0 Å². The number of ketones is 1. The maximum absolute atomic E-state index is 12.9. The Morgan fingerprint density at radius 1 is 1.10 bits per heavy atom. The van der Waals surface area contributed by atoms with Gasteiger partial charge in [0.25, 0.3) is 0 Å². The molecule has 0 saturated heterocycles. The van der Waals surface area contributed by atoms with Crippen LogP contribution in [-0.4, -0.2) is 12.9 Å². The van der Waals surface area contributed by atoms with E-state index in [2.05, 4.69) is 0 Å². The Balaban J connectivity index is 1.73. The van der Waals surface area contributed by atoms with Gasteiger partial charge in [-0.05, 0) is 61.8 Å². The van der Waals surface area contributed by atoms with E-state index in [1.54, 1.807) is 7.11 Å². The third kappa shape index (κ3) is 3.00. The number of fused-ring (bicyclic) bond motifs is 1. The fraction of sp³-hybridized carbons (Fsp3) is 0.632. The monoisotopic (exact) mass is 286 g/mol. The largest absolute Gasteiger partial charge is 0.497 e. The molecule has 0 amide bonds. The third-order valence-electron chi connectivity index (χ3n) is 5.61. The van der Waals surface area contributed by atoms with Crippen molar-refractivity contribution in [2.24, 2.45) is 17.8 Å².